The van der Waals surface area contributed by atoms with Crippen molar-refractivity contribution in [1.29, 1.82) is 0 Å². The number of anilines is 1. The number of benzene rings is 3. The van der Waals surface area contributed by atoms with Gasteiger partial charge in [0.2, 0.25) is 0 Å². The number of hydrogen-bond donors (Lipinski definition) is 1. The molecule has 0 spiro atoms. The molecule has 106 valence electrons. The molecular weight excluding hydrogens is 290 g/mol. The van der Waals surface area contributed by atoms with E-state index in [2.05, 4.69) is 23.5 Å². The number of rotatable bonds is 2. The summed E-state index contributed by atoms with van der Waals surface area (Å²) in [4.78, 5) is 12.4. The van der Waals surface area contributed by atoms with Crippen molar-refractivity contribution in [1.82, 2.24) is 0 Å². The van der Waals surface area contributed by atoms with E-state index in [1.54, 1.807) is 11.3 Å². The molecule has 1 amide bonds. The number of carbonyl (C=O) groups excluding carboxylic acids is 1. The Morgan fingerprint density at radius 1 is 0.773 bits per heavy atom. The summed E-state index contributed by atoms with van der Waals surface area (Å²) in [5.41, 5.74) is 1.54. The van der Waals surface area contributed by atoms with E-state index in [0.29, 0.717) is 5.56 Å². The smallest absolute Gasteiger partial charge is 0.255 e. The van der Waals surface area contributed by atoms with Gasteiger partial charge in [-0.1, -0.05) is 48.5 Å². The lowest BCUT2D eigenvalue weighted by molar-refractivity contribution is 0.102. The number of hydrogen-bond acceptors (Lipinski definition) is 2. The van der Waals surface area contributed by atoms with Gasteiger partial charge in [-0.3, -0.25) is 4.79 Å². The zero-order valence-corrected chi connectivity index (χ0v) is 12.6. The highest BCUT2D eigenvalue weighted by Gasteiger charge is 2.11. The van der Waals surface area contributed by atoms with Crippen LogP contribution in [0.15, 0.2) is 72.8 Å². The molecule has 2 nitrogen and oxygen atoms in total. The van der Waals surface area contributed by atoms with Crippen LogP contribution in [-0.4, -0.2) is 5.91 Å². The molecule has 0 atom stereocenters. The molecule has 1 heterocycles. The van der Waals surface area contributed by atoms with E-state index >= 15 is 0 Å². The first-order valence-electron chi connectivity index (χ1n) is 7.09. The first-order chi connectivity index (χ1) is 10.8. The van der Waals surface area contributed by atoms with Gasteiger partial charge in [0, 0.05) is 21.0 Å². The van der Waals surface area contributed by atoms with Crippen LogP contribution in [0, 0.1) is 0 Å². The fraction of sp³-hybridized carbons (Fsp3) is 0. The summed E-state index contributed by atoms with van der Waals surface area (Å²) in [6.45, 7) is 0. The molecule has 3 aromatic carbocycles. The van der Waals surface area contributed by atoms with Crippen molar-refractivity contribution in [3.8, 4) is 0 Å². The van der Waals surface area contributed by atoms with Crippen LogP contribution in [0.3, 0.4) is 0 Å². The Bertz CT molecular complexity index is 972. The SMILES string of the molecule is O=C(Nc1cccc2c1sc1ccccc12)c1ccccc1. The summed E-state index contributed by atoms with van der Waals surface area (Å²) in [6.07, 6.45) is 0. The Morgan fingerprint density at radius 3 is 2.36 bits per heavy atom. The van der Waals surface area contributed by atoms with Gasteiger partial charge in [-0.2, -0.15) is 0 Å². The largest absolute Gasteiger partial charge is 0.321 e. The average Bonchev–Trinajstić information content (AvgIpc) is 2.95. The molecule has 0 aliphatic rings. The van der Waals surface area contributed by atoms with Gasteiger partial charge in [-0.05, 0) is 24.3 Å². The first kappa shape index (κ1) is 13.0. The Morgan fingerprint density at radius 2 is 1.50 bits per heavy atom. The number of amides is 1. The van der Waals surface area contributed by atoms with Crippen LogP contribution in [0.2, 0.25) is 0 Å². The topological polar surface area (TPSA) is 29.1 Å². The second kappa shape index (κ2) is 5.28. The number of carbonyl (C=O) groups is 1. The first-order valence-corrected chi connectivity index (χ1v) is 7.91. The van der Waals surface area contributed by atoms with Crippen LogP contribution in [0.5, 0.6) is 0 Å². The molecule has 0 unspecified atom stereocenters. The fourth-order valence-electron chi connectivity index (χ4n) is 2.63. The van der Waals surface area contributed by atoms with Gasteiger partial charge in [0.25, 0.3) is 5.91 Å². The molecular formula is C19H13NOS. The molecule has 0 saturated heterocycles. The molecule has 22 heavy (non-hydrogen) atoms. The second-order valence-electron chi connectivity index (χ2n) is 5.10. The molecule has 4 rings (SSSR count). The third-order valence-corrected chi connectivity index (χ3v) is 4.91. The van der Waals surface area contributed by atoms with Gasteiger partial charge in [-0.25, -0.2) is 0 Å². The summed E-state index contributed by atoms with van der Waals surface area (Å²) in [5, 5.41) is 5.45. The number of nitrogens with one attached hydrogen (secondary N) is 1. The maximum absolute atomic E-state index is 12.4. The molecule has 1 aromatic heterocycles. The lowest BCUT2D eigenvalue weighted by Crippen LogP contribution is -2.11. The highest BCUT2D eigenvalue weighted by atomic mass is 32.1. The Hall–Kier alpha value is -2.65. The summed E-state index contributed by atoms with van der Waals surface area (Å²) < 4.78 is 2.35. The van der Waals surface area contributed by atoms with Crippen LogP contribution in [0.25, 0.3) is 20.2 Å². The average molecular weight is 303 g/mol. The van der Waals surface area contributed by atoms with Gasteiger partial charge in [0.15, 0.2) is 0 Å². The lowest BCUT2D eigenvalue weighted by atomic mass is 10.1. The minimum atomic E-state index is -0.0782. The van der Waals surface area contributed by atoms with Crippen LogP contribution in [0.1, 0.15) is 10.4 Å². The molecule has 0 aliphatic heterocycles. The van der Waals surface area contributed by atoms with Crippen molar-refractivity contribution < 1.29 is 4.79 Å². The molecule has 0 saturated carbocycles. The van der Waals surface area contributed by atoms with Gasteiger partial charge >= 0.3 is 0 Å². The third kappa shape index (κ3) is 2.16. The molecule has 1 N–H and O–H groups in total. The van der Waals surface area contributed by atoms with Crippen molar-refractivity contribution in [2.24, 2.45) is 0 Å². The Kier molecular flexibility index (Phi) is 3.13. The molecule has 4 aromatic rings. The van der Waals surface area contributed by atoms with E-state index in [0.717, 1.165) is 10.4 Å². The zero-order valence-electron chi connectivity index (χ0n) is 11.7. The summed E-state index contributed by atoms with van der Waals surface area (Å²) >= 11 is 1.71. The van der Waals surface area contributed by atoms with Gasteiger partial charge in [-0.15, -0.1) is 11.3 Å². The van der Waals surface area contributed by atoms with Crippen molar-refractivity contribution in [2.45, 2.75) is 0 Å². The minimum absolute atomic E-state index is 0.0782. The van der Waals surface area contributed by atoms with Gasteiger partial charge in [0.05, 0.1) is 10.4 Å². The summed E-state index contributed by atoms with van der Waals surface area (Å²) in [5.74, 6) is -0.0782. The van der Waals surface area contributed by atoms with Crippen molar-refractivity contribution >= 4 is 43.1 Å². The van der Waals surface area contributed by atoms with E-state index < -0.39 is 0 Å². The summed E-state index contributed by atoms with van der Waals surface area (Å²) in [6, 6.07) is 23.7. The van der Waals surface area contributed by atoms with Crippen LogP contribution in [0.4, 0.5) is 5.69 Å². The Balaban J connectivity index is 1.80. The summed E-state index contributed by atoms with van der Waals surface area (Å²) in [7, 11) is 0. The third-order valence-electron chi connectivity index (χ3n) is 3.69. The Labute approximate surface area is 132 Å². The van der Waals surface area contributed by atoms with Gasteiger partial charge in [0.1, 0.15) is 0 Å². The van der Waals surface area contributed by atoms with Crippen molar-refractivity contribution in [3.63, 3.8) is 0 Å². The van der Waals surface area contributed by atoms with E-state index in [9.17, 15) is 4.79 Å². The van der Waals surface area contributed by atoms with E-state index in [1.807, 2.05) is 54.6 Å². The molecule has 0 bridgehead atoms. The van der Waals surface area contributed by atoms with Crippen LogP contribution in [-0.2, 0) is 0 Å². The van der Waals surface area contributed by atoms with Crippen LogP contribution >= 0.6 is 11.3 Å². The zero-order chi connectivity index (χ0) is 14.9. The van der Waals surface area contributed by atoms with Crippen molar-refractivity contribution in [3.05, 3.63) is 78.4 Å². The second-order valence-corrected chi connectivity index (χ2v) is 6.15. The molecule has 0 fully saturated rings. The van der Waals surface area contributed by atoms with E-state index in [1.165, 1.54) is 15.5 Å². The molecule has 3 heteroatoms. The number of thiophene rings is 1. The maximum atomic E-state index is 12.4. The minimum Gasteiger partial charge on any atom is -0.321 e. The predicted octanol–water partition coefficient (Wildman–Crippen LogP) is 5.31. The predicted molar refractivity (Wildman–Crippen MR) is 93.7 cm³/mol. The fourth-order valence-corrected chi connectivity index (χ4v) is 3.80. The monoisotopic (exact) mass is 303 g/mol. The molecule has 0 radical (unpaired) electrons. The quantitative estimate of drug-likeness (QED) is 0.534. The van der Waals surface area contributed by atoms with Crippen LogP contribution < -0.4 is 5.32 Å². The highest BCUT2D eigenvalue weighted by Crippen LogP contribution is 2.37. The van der Waals surface area contributed by atoms with Crippen molar-refractivity contribution in [2.75, 3.05) is 5.32 Å². The lowest BCUT2D eigenvalue weighted by Gasteiger charge is -2.06. The molecule has 0 aliphatic carbocycles. The standard InChI is InChI=1S/C19H13NOS/c21-19(13-7-2-1-3-8-13)20-16-11-6-10-15-14-9-4-5-12-17(14)22-18(15)16/h1-12H,(H,20,21). The van der Waals surface area contributed by atoms with E-state index in [4.69, 9.17) is 0 Å². The highest BCUT2D eigenvalue weighted by molar-refractivity contribution is 7.26. The maximum Gasteiger partial charge on any atom is 0.255 e. The number of fused-ring (bicyclic) bond motifs is 3. The normalized spacial score (nSPS) is 10.9. The van der Waals surface area contributed by atoms with E-state index in [-0.39, 0.29) is 5.91 Å². The van der Waals surface area contributed by atoms with Gasteiger partial charge < -0.3 is 5.32 Å².